The maximum Gasteiger partial charge on any atom is 0.264 e. The molecule has 0 bridgehead atoms. The summed E-state index contributed by atoms with van der Waals surface area (Å²) in [7, 11) is 0. The average molecular weight is 413 g/mol. The van der Waals surface area contributed by atoms with Crippen LogP contribution in [0.4, 0.5) is 5.69 Å². The molecule has 0 saturated heterocycles. The molecule has 0 aliphatic heterocycles. The van der Waals surface area contributed by atoms with Crippen LogP contribution in [0, 0.1) is 20.8 Å². The molecule has 6 nitrogen and oxygen atoms in total. The summed E-state index contributed by atoms with van der Waals surface area (Å²) in [6.45, 7) is 6.07. The van der Waals surface area contributed by atoms with E-state index < -0.39 is 0 Å². The topological polar surface area (TPSA) is 77.2 Å². The fraction of sp³-hybridized carbons (Fsp3) is 0.160. The normalized spacial score (nSPS) is 10.7. The second-order valence-corrected chi connectivity index (χ2v) is 7.49. The Morgan fingerprint density at radius 3 is 2.39 bits per heavy atom. The highest BCUT2D eigenvalue weighted by Crippen LogP contribution is 2.23. The molecule has 0 spiro atoms. The van der Waals surface area contributed by atoms with E-state index in [0.29, 0.717) is 23.0 Å². The van der Waals surface area contributed by atoms with Crippen molar-refractivity contribution in [3.8, 4) is 17.1 Å². The van der Waals surface area contributed by atoms with Gasteiger partial charge in [-0.1, -0.05) is 53.2 Å². The highest BCUT2D eigenvalue weighted by molar-refractivity contribution is 6.06. The van der Waals surface area contributed by atoms with Gasteiger partial charge in [0.2, 0.25) is 5.82 Å². The molecule has 1 N–H and O–H groups in total. The van der Waals surface area contributed by atoms with Crippen LogP contribution < -0.4 is 10.1 Å². The minimum atomic E-state index is -0.244. The van der Waals surface area contributed by atoms with Crippen molar-refractivity contribution in [2.75, 3.05) is 5.32 Å². The third-order valence-corrected chi connectivity index (χ3v) is 4.74. The SMILES string of the molecule is Cc1ccc(-c2noc(COc3ccccc3C(=O)Nc3cc(C)cc(C)c3)n2)cc1. The first-order chi connectivity index (χ1) is 15.0. The Morgan fingerprint density at radius 2 is 1.65 bits per heavy atom. The largest absolute Gasteiger partial charge is 0.483 e. The number of hydrogen-bond acceptors (Lipinski definition) is 5. The Kier molecular flexibility index (Phi) is 5.80. The van der Waals surface area contributed by atoms with E-state index in [1.165, 1.54) is 0 Å². The van der Waals surface area contributed by atoms with Crippen molar-refractivity contribution in [2.45, 2.75) is 27.4 Å². The van der Waals surface area contributed by atoms with Crippen molar-refractivity contribution >= 4 is 11.6 Å². The summed E-state index contributed by atoms with van der Waals surface area (Å²) >= 11 is 0. The Labute approximate surface area is 180 Å². The van der Waals surface area contributed by atoms with Gasteiger partial charge in [-0.15, -0.1) is 0 Å². The molecule has 1 aromatic heterocycles. The van der Waals surface area contributed by atoms with E-state index in [9.17, 15) is 4.79 Å². The first kappa shape index (κ1) is 20.3. The maximum atomic E-state index is 12.8. The van der Waals surface area contributed by atoms with Gasteiger partial charge in [0.05, 0.1) is 5.56 Å². The number of hydrogen-bond donors (Lipinski definition) is 1. The molecule has 0 radical (unpaired) electrons. The van der Waals surface area contributed by atoms with Crippen LogP contribution >= 0.6 is 0 Å². The predicted octanol–water partition coefficient (Wildman–Crippen LogP) is 5.49. The summed E-state index contributed by atoms with van der Waals surface area (Å²) in [5.74, 6) is 1.03. The quantitative estimate of drug-likeness (QED) is 0.452. The second kappa shape index (κ2) is 8.83. The minimum absolute atomic E-state index is 0.0622. The van der Waals surface area contributed by atoms with Gasteiger partial charge in [0, 0.05) is 11.3 Å². The average Bonchev–Trinajstić information content (AvgIpc) is 3.21. The molecule has 4 aromatic rings. The number of carbonyl (C=O) groups excluding carboxylic acids is 1. The lowest BCUT2D eigenvalue weighted by Gasteiger charge is -2.11. The van der Waals surface area contributed by atoms with Crippen LogP contribution in [-0.4, -0.2) is 16.0 Å². The van der Waals surface area contributed by atoms with E-state index in [1.54, 1.807) is 18.2 Å². The van der Waals surface area contributed by atoms with Crippen molar-refractivity contribution in [3.05, 3.63) is 94.9 Å². The molecule has 31 heavy (non-hydrogen) atoms. The number of amides is 1. The van der Waals surface area contributed by atoms with Crippen LogP contribution in [0.2, 0.25) is 0 Å². The third kappa shape index (κ3) is 4.98. The molecular formula is C25H23N3O3. The first-order valence-electron chi connectivity index (χ1n) is 9.99. The van der Waals surface area contributed by atoms with Crippen molar-refractivity contribution in [2.24, 2.45) is 0 Å². The van der Waals surface area contributed by atoms with Crippen LogP contribution in [-0.2, 0) is 6.61 Å². The van der Waals surface area contributed by atoms with E-state index >= 15 is 0 Å². The second-order valence-electron chi connectivity index (χ2n) is 7.49. The number of aromatic nitrogens is 2. The molecule has 3 aromatic carbocycles. The number of nitrogens with one attached hydrogen (secondary N) is 1. The Bertz CT molecular complexity index is 1190. The van der Waals surface area contributed by atoms with Crippen molar-refractivity contribution in [3.63, 3.8) is 0 Å². The number of rotatable bonds is 6. The van der Waals surface area contributed by atoms with Crippen LogP contribution in [0.5, 0.6) is 5.75 Å². The number of anilines is 1. The molecule has 0 saturated carbocycles. The van der Waals surface area contributed by atoms with Gasteiger partial charge in [0.1, 0.15) is 5.75 Å². The molecule has 0 unspecified atom stereocenters. The van der Waals surface area contributed by atoms with Gasteiger partial charge in [0.15, 0.2) is 6.61 Å². The summed E-state index contributed by atoms with van der Waals surface area (Å²) in [5, 5.41) is 6.95. The highest BCUT2D eigenvalue weighted by atomic mass is 16.5. The van der Waals surface area contributed by atoms with Crippen molar-refractivity contribution in [1.82, 2.24) is 10.1 Å². The van der Waals surface area contributed by atoms with E-state index in [4.69, 9.17) is 9.26 Å². The number of nitrogens with zero attached hydrogens (tertiary/aromatic N) is 2. The summed E-state index contributed by atoms with van der Waals surface area (Å²) < 4.78 is 11.1. The molecule has 0 fully saturated rings. The summed E-state index contributed by atoms with van der Waals surface area (Å²) in [4.78, 5) is 17.2. The zero-order valence-electron chi connectivity index (χ0n) is 17.7. The molecule has 1 amide bonds. The first-order valence-corrected chi connectivity index (χ1v) is 9.99. The monoisotopic (exact) mass is 413 g/mol. The Balaban J connectivity index is 1.46. The van der Waals surface area contributed by atoms with Gasteiger partial charge in [-0.25, -0.2) is 0 Å². The molecule has 1 heterocycles. The minimum Gasteiger partial charge on any atom is -0.483 e. The lowest BCUT2D eigenvalue weighted by Crippen LogP contribution is -2.14. The number of benzene rings is 3. The number of para-hydroxylation sites is 1. The predicted molar refractivity (Wildman–Crippen MR) is 119 cm³/mol. The fourth-order valence-corrected chi connectivity index (χ4v) is 3.30. The van der Waals surface area contributed by atoms with Crippen molar-refractivity contribution < 1.29 is 14.1 Å². The van der Waals surface area contributed by atoms with Crippen LogP contribution in [0.1, 0.15) is 32.9 Å². The third-order valence-electron chi connectivity index (χ3n) is 4.74. The van der Waals surface area contributed by atoms with Crippen LogP contribution in [0.15, 0.2) is 71.3 Å². The number of ether oxygens (including phenoxy) is 1. The number of aryl methyl sites for hydroxylation is 3. The van der Waals surface area contributed by atoms with E-state index in [0.717, 1.165) is 27.9 Å². The van der Waals surface area contributed by atoms with Gasteiger partial charge in [-0.05, 0) is 56.2 Å². The van der Waals surface area contributed by atoms with Crippen LogP contribution in [0.3, 0.4) is 0 Å². The summed E-state index contributed by atoms with van der Waals surface area (Å²) in [6, 6.07) is 20.9. The standard InChI is InChI=1S/C25H23N3O3/c1-16-8-10-19(11-9-16)24-27-23(31-28-24)15-30-22-7-5-4-6-21(22)25(29)26-20-13-17(2)12-18(3)14-20/h4-14H,15H2,1-3H3,(H,26,29). The molecular weight excluding hydrogens is 390 g/mol. The lowest BCUT2D eigenvalue weighted by molar-refractivity contribution is 0.102. The summed E-state index contributed by atoms with van der Waals surface area (Å²) in [6.07, 6.45) is 0. The number of carbonyl (C=O) groups is 1. The van der Waals surface area contributed by atoms with Gasteiger partial charge < -0.3 is 14.6 Å². The smallest absolute Gasteiger partial charge is 0.264 e. The van der Waals surface area contributed by atoms with E-state index in [1.807, 2.05) is 63.2 Å². The summed E-state index contributed by atoms with van der Waals surface area (Å²) in [5.41, 5.74) is 5.37. The zero-order valence-corrected chi connectivity index (χ0v) is 17.7. The molecule has 156 valence electrons. The van der Waals surface area contributed by atoms with Gasteiger partial charge in [-0.3, -0.25) is 4.79 Å². The molecule has 0 aliphatic carbocycles. The van der Waals surface area contributed by atoms with E-state index in [-0.39, 0.29) is 12.5 Å². The Hall–Kier alpha value is -3.93. The van der Waals surface area contributed by atoms with E-state index in [2.05, 4.69) is 21.5 Å². The molecule has 0 atom stereocenters. The molecule has 0 aliphatic rings. The Morgan fingerprint density at radius 1 is 0.935 bits per heavy atom. The van der Waals surface area contributed by atoms with Crippen molar-refractivity contribution in [1.29, 1.82) is 0 Å². The van der Waals surface area contributed by atoms with Crippen LogP contribution in [0.25, 0.3) is 11.4 Å². The fourth-order valence-electron chi connectivity index (χ4n) is 3.30. The zero-order chi connectivity index (χ0) is 21.8. The lowest BCUT2D eigenvalue weighted by atomic mass is 10.1. The molecule has 6 heteroatoms. The maximum absolute atomic E-state index is 12.8. The van der Waals surface area contributed by atoms with Gasteiger partial charge in [0.25, 0.3) is 11.8 Å². The highest BCUT2D eigenvalue weighted by Gasteiger charge is 2.15. The van der Waals surface area contributed by atoms with Gasteiger partial charge in [-0.2, -0.15) is 4.98 Å². The van der Waals surface area contributed by atoms with Gasteiger partial charge >= 0.3 is 0 Å². The molecule has 4 rings (SSSR count).